The molecule has 0 aromatic carbocycles. The smallest absolute Gasteiger partial charge is 0.352 e. The van der Waals surface area contributed by atoms with Crippen molar-refractivity contribution < 1.29 is 9.63 Å². The summed E-state index contributed by atoms with van der Waals surface area (Å²) >= 11 is 0. The van der Waals surface area contributed by atoms with Gasteiger partial charge in [0.05, 0.1) is 0 Å². The Morgan fingerprint density at radius 3 is 2.07 bits per heavy atom. The third kappa shape index (κ3) is 5.80. The summed E-state index contributed by atoms with van der Waals surface area (Å²) in [6.45, 7) is 12.1. The predicted molar refractivity (Wildman–Crippen MR) is 64.9 cm³/mol. The Balaban J connectivity index is 0. The van der Waals surface area contributed by atoms with E-state index in [1.165, 1.54) is 0 Å². The zero-order valence-corrected chi connectivity index (χ0v) is 10.9. The Kier molecular flexibility index (Phi) is 9.84. The van der Waals surface area contributed by atoms with Gasteiger partial charge in [0.15, 0.2) is 0 Å². The van der Waals surface area contributed by atoms with Crippen molar-refractivity contribution in [1.82, 2.24) is 5.06 Å². The van der Waals surface area contributed by atoms with Gasteiger partial charge in [0, 0.05) is 18.2 Å². The van der Waals surface area contributed by atoms with Crippen molar-refractivity contribution in [3.63, 3.8) is 0 Å². The van der Waals surface area contributed by atoms with Gasteiger partial charge < -0.3 is 4.84 Å². The molecule has 15 heavy (non-hydrogen) atoms. The number of halogens is 1. The third-order valence-corrected chi connectivity index (χ3v) is 2.21. The average molecular weight is 236 g/mol. The maximum Gasteiger partial charge on any atom is 0.352 e. The zero-order chi connectivity index (χ0) is 11.1. The van der Waals surface area contributed by atoms with Gasteiger partial charge in [-0.05, 0) is 26.7 Å². The van der Waals surface area contributed by atoms with Crippen molar-refractivity contribution in [3.05, 3.63) is 12.2 Å². The van der Waals surface area contributed by atoms with E-state index in [0.29, 0.717) is 18.2 Å². The SMILES string of the molecule is C=C(C)C(=O)ON(CC)C(CC)CC.Cl. The van der Waals surface area contributed by atoms with Gasteiger partial charge in [-0.2, -0.15) is 0 Å². The number of hydroxylamine groups is 2. The Morgan fingerprint density at radius 1 is 1.33 bits per heavy atom. The molecule has 0 unspecified atom stereocenters. The first-order valence-corrected chi connectivity index (χ1v) is 5.21. The molecule has 0 radical (unpaired) electrons. The van der Waals surface area contributed by atoms with Gasteiger partial charge in [0.1, 0.15) is 0 Å². The Bertz CT molecular complexity index is 203. The Morgan fingerprint density at radius 2 is 1.80 bits per heavy atom. The van der Waals surface area contributed by atoms with Crippen molar-refractivity contribution in [2.45, 2.75) is 46.6 Å². The highest BCUT2D eigenvalue weighted by atomic mass is 35.5. The first-order chi connectivity index (χ1) is 6.56. The van der Waals surface area contributed by atoms with Crippen LogP contribution in [0.5, 0.6) is 0 Å². The minimum absolute atomic E-state index is 0. The highest BCUT2D eigenvalue weighted by Gasteiger charge is 2.17. The highest BCUT2D eigenvalue weighted by Crippen LogP contribution is 2.10. The monoisotopic (exact) mass is 235 g/mol. The quantitative estimate of drug-likeness (QED) is 0.524. The largest absolute Gasteiger partial charge is 0.364 e. The van der Waals surface area contributed by atoms with Crippen molar-refractivity contribution in [2.24, 2.45) is 0 Å². The number of carbonyl (C=O) groups excluding carboxylic acids is 1. The lowest BCUT2D eigenvalue weighted by molar-refractivity contribution is -0.196. The molecular weight excluding hydrogens is 214 g/mol. The van der Waals surface area contributed by atoms with Gasteiger partial charge in [0.2, 0.25) is 0 Å². The molecule has 90 valence electrons. The fraction of sp³-hybridized carbons (Fsp3) is 0.727. The van der Waals surface area contributed by atoms with E-state index in [2.05, 4.69) is 20.4 Å². The predicted octanol–water partition coefficient (Wildman–Crippen LogP) is 2.95. The molecule has 0 saturated carbocycles. The molecular formula is C11H22ClNO2. The van der Waals surface area contributed by atoms with Gasteiger partial charge in [-0.1, -0.05) is 20.4 Å². The lowest BCUT2D eigenvalue weighted by Crippen LogP contribution is -2.36. The van der Waals surface area contributed by atoms with Gasteiger partial charge >= 0.3 is 5.97 Å². The van der Waals surface area contributed by atoms with Gasteiger partial charge in [-0.15, -0.1) is 17.5 Å². The normalized spacial score (nSPS) is 10.0. The summed E-state index contributed by atoms with van der Waals surface area (Å²) in [5.74, 6) is -0.334. The summed E-state index contributed by atoms with van der Waals surface area (Å²) in [4.78, 5) is 16.5. The van der Waals surface area contributed by atoms with Gasteiger partial charge in [0.25, 0.3) is 0 Å². The van der Waals surface area contributed by atoms with Gasteiger partial charge in [-0.25, -0.2) is 4.79 Å². The maximum absolute atomic E-state index is 11.3. The van der Waals surface area contributed by atoms with Crippen LogP contribution in [0.2, 0.25) is 0 Å². The van der Waals surface area contributed by atoms with E-state index < -0.39 is 0 Å². The second kappa shape index (κ2) is 8.74. The molecule has 4 heteroatoms. The molecule has 0 spiro atoms. The van der Waals surface area contributed by atoms with Crippen LogP contribution in [0.3, 0.4) is 0 Å². The molecule has 0 saturated heterocycles. The van der Waals surface area contributed by atoms with E-state index in [-0.39, 0.29) is 18.4 Å². The number of carbonyl (C=O) groups is 1. The molecule has 0 rings (SSSR count). The van der Waals surface area contributed by atoms with Gasteiger partial charge in [-0.3, -0.25) is 0 Å². The average Bonchev–Trinajstić information content (AvgIpc) is 2.17. The van der Waals surface area contributed by atoms with Crippen molar-refractivity contribution >= 4 is 18.4 Å². The molecule has 0 aliphatic rings. The Labute approximate surface area is 98.8 Å². The molecule has 0 N–H and O–H groups in total. The molecule has 0 heterocycles. The maximum atomic E-state index is 11.3. The minimum atomic E-state index is -0.334. The molecule has 0 atom stereocenters. The van der Waals surface area contributed by atoms with Crippen molar-refractivity contribution in [2.75, 3.05) is 6.54 Å². The number of hydrogen-bond donors (Lipinski definition) is 0. The summed E-state index contributed by atoms with van der Waals surface area (Å²) in [7, 11) is 0. The minimum Gasteiger partial charge on any atom is -0.364 e. The van der Waals surface area contributed by atoms with Crippen LogP contribution in [-0.4, -0.2) is 23.6 Å². The van der Waals surface area contributed by atoms with E-state index in [0.717, 1.165) is 12.8 Å². The molecule has 0 aliphatic carbocycles. The fourth-order valence-electron chi connectivity index (χ4n) is 1.28. The van der Waals surface area contributed by atoms with Crippen LogP contribution in [0.4, 0.5) is 0 Å². The molecule has 3 nitrogen and oxygen atoms in total. The molecule has 0 fully saturated rings. The summed E-state index contributed by atoms with van der Waals surface area (Å²) in [5.41, 5.74) is 0.439. The van der Waals surface area contributed by atoms with Crippen LogP contribution in [-0.2, 0) is 9.63 Å². The first-order valence-electron chi connectivity index (χ1n) is 5.21. The zero-order valence-electron chi connectivity index (χ0n) is 10.1. The lowest BCUT2D eigenvalue weighted by Gasteiger charge is -2.27. The molecule has 0 aliphatic heterocycles. The second-order valence-corrected chi connectivity index (χ2v) is 3.36. The van der Waals surface area contributed by atoms with E-state index in [4.69, 9.17) is 4.84 Å². The molecule has 0 amide bonds. The summed E-state index contributed by atoms with van der Waals surface area (Å²) in [6.07, 6.45) is 1.96. The molecule has 0 bridgehead atoms. The number of rotatable bonds is 6. The fourth-order valence-corrected chi connectivity index (χ4v) is 1.28. The Hall–Kier alpha value is -0.540. The van der Waals surface area contributed by atoms with Crippen LogP contribution in [0.25, 0.3) is 0 Å². The number of hydrogen-bond acceptors (Lipinski definition) is 3. The van der Waals surface area contributed by atoms with E-state index in [1.807, 2.05) is 6.92 Å². The van der Waals surface area contributed by atoms with Crippen LogP contribution >= 0.6 is 12.4 Å². The third-order valence-electron chi connectivity index (χ3n) is 2.21. The van der Waals surface area contributed by atoms with E-state index in [9.17, 15) is 4.79 Å². The molecule has 0 aromatic rings. The first kappa shape index (κ1) is 16.9. The standard InChI is InChI=1S/C11H21NO2.ClH/c1-6-10(7-2)12(8-3)14-11(13)9(4)5;/h10H,4,6-8H2,1-3,5H3;1H. The van der Waals surface area contributed by atoms with Crippen molar-refractivity contribution in [1.29, 1.82) is 0 Å². The van der Waals surface area contributed by atoms with E-state index >= 15 is 0 Å². The second-order valence-electron chi connectivity index (χ2n) is 3.36. The summed E-state index contributed by atoms with van der Waals surface area (Å²) in [5, 5.41) is 1.73. The molecule has 0 aromatic heterocycles. The topological polar surface area (TPSA) is 29.5 Å². The lowest BCUT2D eigenvalue weighted by atomic mass is 10.2. The van der Waals surface area contributed by atoms with E-state index in [1.54, 1.807) is 12.0 Å². The van der Waals surface area contributed by atoms with Crippen molar-refractivity contribution in [3.8, 4) is 0 Å². The summed E-state index contributed by atoms with van der Waals surface area (Å²) in [6, 6.07) is 0.309. The van der Waals surface area contributed by atoms with Crippen LogP contribution in [0.15, 0.2) is 12.2 Å². The number of nitrogens with zero attached hydrogens (tertiary/aromatic N) is 1. The van der Waals surface area contributed by atoms with Crippen LogP contribution in [0.1, 0.15) is 40.5 Å². The summed E-state index contributed by atoms with van der Waals surface area (Å²) < 4.78 is 0. The van der Waals surface area contributed by atoms with Crippen LogP contribution < -0.4 is 0 Å². The van der Waals surface area contributed by atoms with Crippen LogP contribution in [0, 0.1) is 0 Å². The highest BCUT2D eigenvalue weighted by molar-refractivity contribution is 5.86.